The molecule has 4 fully saturated rings. The number of hydrazine groups is 1. The average molecular weight is 606 g/mol. The molecule has 0 unspecified atom stereocenters. The van der Waals surface area contributed by atoms with E-state index in [0.717, 1.165) is 31.4 Å². The van der Waals surface area contributed by atoms with Crippen molar-refractivity contribution in [1.82, 2.24) is 21.4 Å². The van der Waals surface area contributed by atoms with Crippen molar-refractivity contribution in [3.05, 3.63) is 22.3 Å². The second-order valence-electron chi connectivity index (χ2n) is 13.0. The Labute approximate surface area is 254 Å². The third kappa shape index (κ3) is 8.68. The lowest BCUT2D eigenvalue weighted by Crippen LogP contribution is -2.65. The molecule has 0 spiro atoms. The molecule has 4 rings (SSSR count). The fourth-order valence-electron chi connectivity index (χ4n) is 6.67. The van der Waals surface area contributed by atoms with E-state index >= 15 is 0 Å². The number of nitrogens with zero attached hydrogens (tertiary/aromatic N) is 2. The van der Waals surface area contributed by atoms with Gasteiger partial charge in [-0.05, 0) is 68.6 Å². The molecule has 2 bridgehead atoms. The number of guanidine groups is 1. The zero-order valence-corrected chi connectivity index (χ0v) is 26.2. The molecule has 14 nitrogen and oxygen atoms in total. The number of amides is 3. The van der Waals surface area contributed by atoms with Crippen LogP contribution in [0.1, 0.15) is 80.1 Å². The minimum atomic E-state index is -0.976. The summed E-state index contributed by atoms with van der Waals surface area (Å²) in [6.07, 6.45) is 6.00. The van der Waals surface area contributed by atoms with E-state index in [4.69, 9.17) is 15.0 Å². The molecule has 3 amide bonds. The fraction of sp³-hybridized carbons (Fsp3) is 0.786. The molecule has 15 heteroatoms. The van der Waals surface area contributed by atoms with Crippen LogP contribution >= 0.6 is 0 Å². The Hall–Kier alpha value is -3.20. The van der Waals surface area contributed by atoms with Gasteiger partial charge in [-0.2, -0.15) is 0 Å². The van der Waals surface area contributed by atoms with Gasteiger partial charge in [0.15, 0.2) is 5.03 Å². The monoisotopic (exact) mass is 605 g/mol. The number of nitrogens with two attached hydrogens (primary N) is 1. The van der Waals surface area contributed by atoms with Crippen molar-refractivity contribution in [2.24, 2.45) is 33.9 Å². The molecule has 3 saturated carbocycles. The Balaban J connectivity index is 1.70. The van der Waals surface area contributed by atoms with Crippen molar-refractivity contribution in [3.8, 4) is 0 Å². The molecule has 0 aromatic heterocycles. The van der Waals surface area contributed by atoms with E-state index in [1.165, 1.54) is 0 Å². The summed E-state index contributed by atoms with van der Waals surface area (Å²) >= 11 is 0. The lowest BCUT2D eigenvalue weighted by molar-refractivity contribution is -0.525. The number of carbonyl (C=O) groups is 3. The van der Waals surface area contributed by atoms with Crippen molar-refractivity contribution in [3.63, 3.8) is 0 Å². The number of hydrogen-bond acceptors (Lipinski definition) is 8. The summed E-state index contributed by atoms with van der Waals surface area (Å²) in [4.78, 5) is 52.7. The summed E-state index contributed by atoms with van der Waals surface area (Å²) in [5.74, 6) is -1.09. The van der Waals surface area contributed by atoms with Crippen LogP contribution in [0.3, 0.4) is 0 Å². The van der Waals surface area contributed by atoms with Gasteiger partial charge in [-0.25, -0.2) is 15.1 Å². The van der Waals surface area contributed by atoms with Crippen LogP contribution in [0.2, 0.25) is 0 Å². The van der Waals surface area contributed by atoms with E-state index in [9.17, 15) is 24.5 Å². The minimum Gasteiger partial charge on any atom is -0.404 e. The third-order valence-corrected chi connectivity index (χ3v) is 9.06. The van der Waals surface area contributed by atoms with Gasteiger partial charge in [0.05, 0.1) is 17.6 Å². The minimum absolute atomic E-state index is 0.0450. The van der Waals surface area contributed by atoms with Crippen LogP contribution in [0, 0.1) is 33.3 Å². The smallest absolute Gasteiger partial charge is 0.404 e. The lowest BCUT2D eigenvalue weighted by Gasteiger charge is -2.64. The second kappa shape index (κ2) is 14.5. The maximum absolute atomic E-state index is 13.6. The summed E-state index contributed by atoms with van der Waals surface area (Å²) in [6, 6.07) is -0.976. The molecule has 0 aromatic carbocycles. The van der Waals surface area contributed by atoms with Gasteiger partial charge in [-0.15, -0.1) is 0 Å². The molecule has 6 N–H and O–H groups in total. The molecule has 43 heavy (non-hydrogen) atoms. The summed E-state index contributed by atoms with van der Waals surface area (Å²) in [6.45, 7) is 13.3. The van der Waals surface area contributed by atoms with Gasteiger partial charge in [-0.1, -0.05) is 40.0 Å². The molecule has 6 atom stereocenters. The standard InChI is InChI=1S/C28H48BN7O7/c1-7-12-31-23(37)10-11-24(38)33-19(9-8-13-32-26(30)35-36(40)41)25(39)34-22(14-17(2)3)29-42-21-16-18-15-20(27(18,4)5)28(21,6)43-29/h10-11,17-22H,7-9,12-16H2,1-6H3,(H,31,37)(H,33,38)(H,34,39)(H3,30,32,35)/t18-,19-,20-,21+,22-,28-/m0/s1. The number of rotatable bonds is 15. The van der Waals surface area contributed by atoms with Gasteiger partial charge in [0.2, 0.25) is 17.7 Å². The molecule has 3 aliphatic carbocycles. The molecule has 1 saturated heterocycles. The normalized spacial score (nSPS) is 27.2. The van der Waals surface area contributed by atoms with Crippen LogP contribution in [0.4, 0.5) is 0 Å². The summed E-state index contributed by atoms with van der Waals surface area (Å²) in [7, 11) is -0.632. The quantitative estimate of drug-likeness (QED) is 0.0346. The van der Waals surface area contributed by atoms with Gasteiger partial charge >= 0.3 is 7.12 Å². The van der Waals surface area contributed by atoms with Crippen LogP contribution in [-0.4, -0.2) is 72.6 Å². The van der Waals surface area contributed by atoms with Crippen molar-refractivity contribution in [2.75, 3.05) is 13.1 Å². The number of nitrogens with one attached hydrogen (secondary N) is 4. The van der Waals surface area contributed by atoms with Crippen LogP contribution < -0.4 is 27.1 Å². The predicted octanol–water partition coefficient (Wildman–Crippen LogP) is 1.23. The molecule has 1 aliphatic heterocycles. The second-order valence-corrected chi connectivity index (χ2v) is 13.0. The Bertz CT molecular complexity index is 1100. The van der Waals surface area contributed by atoms with Gasteiger partial charge < -0.3 is 31.0 Å². The first-order valence-electron chi connectivity index (χ1n) is 15.3. The summed E-state index contributed by atoms with van der Waals surface area (Å²) < 4.78 is 13.1. The van der Waals surface area contributed by atoms with Gasteiger partial charge in [0, 0.05) is 25.2 Å². The predicted molar refractivity (Wildman–Crippen MR) is 162 cm³/mol. The van der Waals surface area contributed by atoms with Crippen molar-refractivity contribution in [1.29, 1.82) is 0 Å². The highest BCUT2D eigenvalue weighted by molar-refractivity contribution is 6.48. The molecule has 4 aliphatic rings. The SMILES string of the molecule is CCCNC(=O)C=CC(=O)N[C@@H](CCCN=C(N)N[N+](=O)[O-])C(=O)N[C@@H](CC(C)C)B1O[C@@H]2C[C@@H]3C[C@@H](C3(C)C)[C@]2(C)O1. The molecule has 0 aromatic rings. The van der Waals surface area contributed by atoms with Crippen LogP contribution in [0.5, 0.6) is 0 Å². The Morgan fingerprint density at radius 2 is 1.86 bits per heavy atom. The summed E-state index contributed by atoms with van der Waals surface area (Å²) in [5.41, 5.74) is 6.99. The maximum Gasteiger partial charge on any atom is 0.481 e. The topological polar surface area (TPSA) is 199 Å². The van der Waals surface area contributed by atoms with Gasteiger partial charge in [0.1, 0.15) is 6.04 Å². The Kier molecular flexibility index (Phi) is 11.6. The number of nitro groups is 1. The van der Waals surface area contributed by atoms with E-state index in [-0.39, 0.29) is 36.4 Å². The number of hydrogen-bond donors (Lipinski definition) is 5. The van der Waals surface area contributed by atoms with E-state index in [0.29, 0.717) is 31.2 Å². The largest absolute Gasteiger partial charge is 0.481 e. The fourth-order valence-corrected chi connectivity index (χ4v) is 6.67. The number of aliphatic imine (C=N–C) groups is 1. The first-order chi connectivity index (χ1) is 20.2. The molecular weight excluding hydrogens is 557 g/mol. The molecule has 1 heterocycles. The lowest BCUT2D eigenvalue weighted by atomic mass is 9.43. The van der Waals surface area contributed by atoms with E-state index < -0.39 is 47.5 Å². The van der Waals surface area contributed by atoms with Gasteiger partial charge in [0.25, 0.3) is 5.96 Å². The van der Waals surface area contributed by atoms with Crippen LogP contribution in [-0.2, 0) is 23.7 Å². The zero-order chi connectivity index (χ0) is 31.9. The first-order valence-corrected chi connectivity index (χ1v) is 15.3. The highest BCUT2D eigenvalue weighted by atomic mass is 16.7. The van der Waals surface area contributed by atoms with Crippen molar-refractivity contribution < 1.29 is 28.7 Å². The van der Waals surface area contributed by atoms with Crippen LogP contribution in [0.15, 0.2) is 17.1 Å². The molecular formula is C28H48BN7O7. The van der Waals surface area contributed by atoms with E-state index in [1.54, 1.807) is 5.43 Å². The van der Waals surface area contributed by atoms with Gasteiger partial charge in [-0.3, -0.25) is 14.4 Å². The first kappa shape index (κ1) is 34.3. The zero-order valence-electron chi connectivity index (χ0n) is 26.2. The average Bonchev–Trinajstić information content (AvgIpc) is 3.28. The highest BCUT2D eigenvalue weighted by Gasteiger charge is 2.68. The Morgan fingerprint density at radius 3 is 2.49 bits per heavy atom. The van der Waals surface area contributed by atoms with E-state index in [1.807, 2.05) is 6.92 Å². The highest BCUT2D eigenvalue weighted by Crippen LogP contribution is 2.65. The molecule has 240 valence electrons. The summed E-state index contributed by atoms with van der Waals surface area (Å²) in [5, 5.41) is 18.1. The van der Waals surface area contributed by atoms with Crippen LogP contribution in [0.25, 0.3) is 0 Å². The Morgan fingerprint density at radius 1 is 1.16 bits per heavy atom. The van der Waals surface area contributed by atoms with Crippen molar-refractivity contribution in [2.45, 2.75) is 104 Å². The number of carbonyl (C=O) groups excluding carboxylic acids is 3. The van der Waals surface area contributed by atoms with E-state index in [2.05, 4.69) is 55.6 Å². The third-order valence-electron chi connectivity index (χ3n) is 9.06. The molecule has 0 radical (unpaired) electrons. The maximum atomic E-state index is 13.6. The van der Waals surface area contributed by atoms with Crippen molar-refractivity contribution >= 4 is 30.8 Å².